The normalized spacial score (nSPS) is 10.4. The van der Waals surface area contributed by atoms with Crippen LogP contribution in [0, 0.1) is 0 Å². The molecule has 0 saturated heterocycles. The lowest BCUT2D eigenvalue weighted by Gasteiger charge is -2.21. The van der Waals surface area contributed by atoms with Gasteiger partial charge in [0.25, 0.3) is 0 Å². The molecule has 0 saturated carbocycles. The second-order valence-electron chi connectivity index (χ2n) is 4.67. The van der Waals surface area contributed by atoms with Gasteiger partial charge in [-0.05, 0) is 52.7 Å². The highest BCUT2D eigenvalue weighted by Crippen LogP contribution is 2.26. The van der Waals surface area contributed by atoms with E-state index >= 15 is 0 Å². The molecule has 0 fully saturated rings. The van der Waals surface area contributed by atoms with E-state index in [1.54, 1.807) is 6.92 Å². The van der Waals surface area contributed by atoms with Crippen molar-refractivity contribution in [3.63, 3.8) is 0 Å². The SMILES string of the molecule is CC(=O)c1ccc(N(C)Cc2ccccc2Cl)cc1Br. The maximum absolute atomic E-state index is 11.4. The second-order valence-corrected chi connectivity index (χ2v) is 5.93. The van der Waals surface area contributed by atoms with Crippen LogP contribution in [-0.4, -0.2) is 12.8 Å². The number of carbonyl (C=O) groups is 1. The molecule has 0 heterocycles. The molecule has 104 valence electrons. The largest absolute Gasteiger partial charge is 0.370 e. The fraction of sp³-hybridized carbons (Fsp3) is 0.188. The number of halogens is 2. The highest BCUT2D eigenvalue weighted by Gasteiger charge is 2.09. The number of Topliss-reactive ketones (excluding diaryl/α,β-unsaturated/α-hetero) is 1. The molecular formula is C16H15BrClNO. The third-order valence-electron chi connectivity index (χ3n) is 3.14. The Bertz CT molecular complexity index is 642. The number of carbonyl (C=O) groups excluding carboxylic acids is 1. The van der Waals surface area contributed by atoms with Gasteiger partial charge in [0.15, 0.2) is 5.78 Å². The third kappa shape index (κ3) is 3.41. The van der Waals surface area contributed by atoms with Gasteiger partial charge in [-0.2, -0.15) is 0 Å². The van der Waals surface area contributed by atoms with Gasteiger partial charge in [0.2, 0.25) is 0 Å². The van der Waals surface area contributed by atoms with Gasteiger partial charge in [0.05, 0.1) is 0 Å². The molecule has 2 aromatic rings. The van der Waals surface area contributed by atoms with Crippen molar-refractivity contribution in [2.45, 2.75) is 13.5 Å². The van der Waals surface area contributed by atoms with Crippen LogP contribution in [0.25, 0.3) is 0 Å². The molecule has 2 nitrogen and oxygen atoms in total. The summed E-state index contributed by atoms with van der Waals surface area (Å²) in [6.07, 6.45) is 0. The summed E-state index contributed by atoms with van der Waals surface area (Å²) in [5, 5.41) is 0.763. The summed E-state index contributed by atoms with van der Waals surface area (Å²) < 4.78 is 0.813. The Hall–Kier alpha value is -1.32. The quantitative estimate of drug-likeness (QED) is 0.726. The summed E-state index contributed by atoms with van der Waals surface area (Å²) in [5.41, 5.74) is 2.80. The molecule has 0 N–H and O–H groups in total. The third-order valence-corrected chi connectivity index (χ3v) is 4.16. The van der Waals surface area contributed by atoms with E-state index < -0.39 is 0 Å². The standard InChI is InChI=1S/C16H15BrClNO/c1-11(20)14-8-7-13(9-15(14)17)19(2)10-12-5-3-4-6-16(12)18/h3-9H,10H2,1-2H3. The van der Waals surface area contributed by atoms with Crippen LogP contribution < -0.4 is 4.90 Å². The van der Waals surface area contributed by atoms with Crippen LogP contribution >= 0.6 is 27.5 Å². The molecule has 0 radical (unpaired) electrons. The smallest absolute Gasteiger partial charge is 0.160 e. The number of rotatable bonds is 4. The molecule has 2 aromatic carbocycles. The number of benzene rings is 2. The van der Waals surface area contributed by atoms with Crippen molar-refractivity contribution in [2.75, 3.05) is 11.9 Å². The Kier molecular flexibility index (Phi) is 4.84. The minimum Gasteiger partial charge on any atom is -0.370 e. The van der Waals surface area contributed by atoms with E-state index in [1.807, 2.05) is 49.5 Å². The molecule has 4 heteroatoms. The summed E-state index contributed by atoms with van der Waals surface area (Å²) in [6, 6.07) is 13.5. The van der Waals surface area contributed by atoms with Crippen molar-refractivity contribution in [1.82, 2.24) is 0 Å². The van der Waals surface area contributed by atoms with Crippen LogP contribution in [-0.2, 0) is 6.54 Å². The first-order valence-corrected chi connectivity index (χ1v) is 7.41. The Balaban J connectivity index is 2.22. The zero-order chi connectivity index (χ0) is 14.7. The molecule has 0 bridgehead atoms. The van der Waals surface area contributed by atoms with Crippen molar-refractivity contribution in [3.8, 4) is 0 Å². The van der Waals surface area contributed by atoms with E-state index in [1.165, 1.54) is 0 Å². The highest BCUT2D eigenvalue weighted by atomic mass is 79.9. The van der Waals surface area contributed by atoms with Gasteiger partial charge in [-0.25, -0.2) is 0 Å². The average molecular weight is 353 g/mol. The number of anilines is 1. The van der Waals surface area contributed by atoms with Gasteiger partial charge in [-0.15, -0.1) is 0 Å². The molecule has 0 amide bonds. The Morgan fingerprint density at radius 1 is 1.25 bits per heavy atom. The van der Waals surface area contributed by atoms with Gasteiger partial charge in [-0.3, -0.25) is 4.79 Å². The summed E-state index contributed by atoms with van der Waals surface area (Å²) in [7, 11) is 2.00. The van der Waals surface area contributed by atoms with E-state index in [0.717, 1.165) is 20.7 Å². The summed E-state index contributed by atoms with van der Waals surface area (Å²) in [4.78, 5) is 13.5. The minimum absolute atomic E-state index is 0.0529. The zero-order valence-corrected chi connectivity index (χ0v) is 13.7. The van der Waals surface area contributed by atoms with Crippen molar-refractivity contribution in [2.24, 2.45) is 0 Å². The fourth-order valence-corrected chi connectivity index (χ4v) is 2.84. The van der Waals surface area contributed by atoms with Crippen molar-refractivity contribution in [3.05, 3.63) is 63.1 Å². The van der Waals surface area contributed by atoms with E-state index in [9.17, 15) is 4.79 Å². The van der Waals surface area contributed by atoms with E-state index in [0.29, 0.717) is 12.1 Å². The van der Waals surface area contributed by atoms with Crippen LogP contribution in [0.15, 0.2) is 46.9 Å². The van der Waals surface area contributed by atoms with Crippen molar-refractivity contribution in [1.29, 1.82) is 0 Å². The van der Waals surface area contributed by atoms with Crippen molar-refractivity contribution >= 4 is 39.0 Å². The maximum Gasteiger partial charge on any atom is 0.160 e. The minimum atomic E-state index is 0.0529. The first-order valence-electron chi connectivity index (χ1n) is 6.24. The fourth-order valence-electron chi connectivity index (χ4n) is 2.00. The number of hydrogen-bond donors (Lipinski definition) is 0. The Morgan fingerprint density at radius 2 is 1.95 bits per heavy atom. The predicted octanol–water partition coefficient (Wildman–Crippen LogP) is 4.94. The van der Waals surface area contributed by atoms with E-state index in [4.69, 9.17) is 11.6 Å². The second kappa shape index (κ2) is 6.42. The summed E-state index contributed by atoms with van der Waals surface area (Å²) in [5.74, 6) is 0.0529. The maximum atomic E-state index is 11.4. The van der Waals surface area contributed by atoms with Gasteiger partial charge in [0, 0.05) is 34.3 Å². The number of nitrogens with zero attached hydrogens (tertiary/aromatic N) is 1. The van der Waals surface area contributed by atoms with Gasteiger partial charge < -0.3 is 4.90 Å². The van der Waals surface area contributed by atoms with Crippen molar-refractivity contribution < 1.29 is 4.79 Å². The summed E-state index contributed by atoms with van der Waals surface area (Å²) in [6.45, 7) is 2.28. The Labute approximate surface area is 132 Å². The van der Waals surface area contributed by atoms with E-state index in [2.05, 4.69) is 20.8 Å². The molecule has 0 spiro atoms. The Morgan fingerprint density at radius 3 is 2.55 bits per heavy atom. The molecule has 0 atom stereocenters. The average Bonchev–Trinajstić information content (AvgIpc) is 2.40. The van der Waals surface area contributed by atoms with E-state index in [-0.39, 0.29) is 5.78 Å². The molecule has 2 rings (SSSR count). The first kappa shape index (κ1) is 15.1. The van der Waals surface area contributed by atoms with Crippen LogP contribution in [0.4, 0.5) is 5.69 Å². The topological polar surface area (TPSA) is 20.3 Å². The number of hydrogen-bond acceptors (Lipinski definition) is 2. The molecule has 0 aromatic heterocycles. The lowest BCUT2D eigenvalue weighted by molar-refractivity contribution is 0.101. The van der Waals surface area contributed by atoms with Gasteiger partial charge in [-0.1, -0.05) is 29.8 Å². The molecule has 20 heavy (non-hydrogen) atoms. The monoisotopic (exact) mass is 351 g/mol. The van der Waals surface area contributed by atoms with Crippen LogP contribution in [0.2, 0.25) is 5.02 Å². The molecular weight excluding hydrogens is 338 g/mol. The highest BCUT2D eigenvalue weighted by molar-refractivity contribution is 9.10. The summed E-state index contributed by atoms with van der Waals surface area (Å²) >= 11 is 9.62. The molecule has 0 aliphatic rings. The van der Waals surface area contributed by atoms with Crippen LogP contribution in [0.1, 0.15) is 22.8 Å². The lowest BCUT2D eigenvalue weighted by Crippen LogP contribution is -2.16. The zero-order valence-electron chi connectivity index (χ0n) is 11.4. The predicted molar refractivity (Wildman–Crippen MR) is 87.7 cm³/mol. The van der Waals surface area contributed by atoms with Crippen LogP contribution in [0.3, 0.4) is 0 Å². The molecule has 0 aliphatic carbocycles. The number of ketones is 1. The molecule has 0 unspecified atom stereocenters. The van der Waals surface area contributed by atoms with Crippen LogP contribution in [0.5, 0.6) is 0 Å². The van der Waals surface area contributed by atoms with Gasteiger partial charge in [0.1, 0.15) is 0 Å². The lowest BCUT2D eigenvalue weighted by atomic mass is 10.1. The molecule has 0 aliphatic heterocycles. The van der Waals surface area contributed by atoms with Gasteiger partial charge >= 0.3 is 0 Å². The first-order chi connectivity index (χ1) is 9.49.